The molecule has 3 heterocycles. The fraction of sp³-hybridized carbons (Fsp3) is 0.667. The summed E-state index contributed by atoms with van der Waals surface area (Å²) in [4.78, 5) is 12.2. The number of hydrogen-bond donors (Lipinski definition) is 2. The lowest BCUT2D eigenvalue weighted by atomic mass is 10.1. The molecular formula is C18H27ClF3IN6. The highest BCUT2D eigenvalue weighted by atomic mass is 127. The predicted molar refractivity (Wildman–Crippen MR) is 120 cm³/mol. The van der Waals surface area contributed by atoms with E-state index in [1.54, 1.807) is 13.2 Å². The molecule has 29 heavy (non-hydrogen) atoms. The molecule has 0 bridgehead atoms. The zero-order chi connectivity index (χ0) is 20.1. The SMILES string of the molecule is CN=C(NCC1CCN(CC(F)(F)F)C1)NC1CCN(c2ncccc2Cl)C1.I. The molecule has 2 saturated heterocycles. The van der Waals surface area contributed by atoms with E-state index in [4.69, 9.17) is 11.6 Å². The molecule has 164 valence electrons. The van der Waals surface area contributed by atoms with Crippen LogP contribution in [0.25, 0.3) is 0 Å². The van der Waals surface area contributed by atoms with Crippen molar-refractivity contribution in [3.05, 3.63) is 23.4 Å². The van der Waals surface area contributed by atoms with Crippen LogP contribution in [0.4, 0.5) is 19.0 Å². The van der Waals surface area contributed by atoms with Crippen LogP contribution in [0.5, 0.6) is 0 Å². The van der Waals surface area contributed by atoms with Gasteiger partial charge in [0.25, 0.3) is 0 Å². The van der Waals surface area contributed by atoms with Crippen molar-refractivity contribution in [1.82, 2.24) is 20.5 Å². The topological polar surface area (TPSA) is 55.8 Å². The Morgan fingerprint density at radius 2 is 2.10 bits per heavy atom. The summed E-state index contributed by atoms with van der Waals surface area (Å²) in [6.07, 6.45) is -0.719. The molecule has 2 N–H and O–H groups in total. The van der Waals surface area contributed by atoms with Gasteiger partial charge in [-0.15, -0.1) is 24.0 Å². The molecule has 0 radical (unpaired) electrons. The number of guanidine groups is 1. The van der Waals surface area contributed by atoms with E-state index >= 15 is 0 Å². The number of nitrogens with one attached hydrogen (secondary N) is 2. The van der Waals surface area contributed by atoms with Crippen LogP contribution in [0, 0.1) is 5.92 Å². The zero-order valence-corrected chi connectivity index (χ0v) is 19.3. The maximum absolute atomic E-state index is 12.5. The van der Waals surface area contributed by atoms with E-state index in [0.29, 0.717) is 30.6 Å². The van der Waals surface area contributed by atoms with Crippen molar-refractivity contribution in [2.24, 2.45) is 10.9 Å². The molecule has 3 rings (SSSR count). The van der Waals surface area contributed by atoms with E-state index in [0.717, 1.165) is 31.7 Å². The van der Waals surface area contributed by atoms with Crippen LogP contribution in [0.15, 0.2) is 23.3 Å². The summed E-state index contributed by atoms with van der Waals surface area (Å²) in [5.41, 5.74) is 0. The van der Waals surface area contributed by atoms with Gasteiger partial charge in [-0.3, -0.25) is 9.89 Å². The lowest BCUT2D eigenvalue weighted by Gasteiger charge is -2.21. The van der Waals surface area contributed by atoms with Crippen LogP contribution in [-0.2, 0) is 0 Å². The van der Waals surface area contributed by atoms with Gasteiger partial charge in [0.1, 0.15) is 5.82 Å². The standard InChI is InChI=1S/C18H26ClF3N6.HI/c1-23-17(25-9-13-4-7-27(10-13)12-18(20,21)22)26-14-5-8-28(11-14)16-15(19)3-2-6-24-16;/h2-3,6,13-14H,4-5,7-12H2,1H3,(H2,23,25,26);1H. The van der Waals surface area contributed by atoms with Gasteiger partial charge >= 0.3 is 6.18 Å². The summed E-state index contributed by atoms with van der Waals surface area (Å²) in [7, 11) is 1.70. The Labute approximate surface area is 191 Å². The molecule has 2 atom stereocenters. The Bertz CT molecular complexity index is 690. The van der Waals surface area contributed by atoms with Crippen molar-refractivity contribution in [3.63, 3.8) is 0 Å². The highest BCUT2D eigenvalue weighted by Crippen LogP contribution is 2.26. The molecule has 1 aromatic heterocycles. The molecule has 2 aliphatic rings. The minimum atomic E-state index is -4.13. The first-order valence-corrected chi connectivity index (χ1v) is 9.83. The van der Waals surface area contributed by atoms with Crippen molar-refractivity contribution in [2.45, 2.75) is 25.1 Å². The normalized spacial score (nSPS) is 23.2. The maximum Gasteiger partial charge on any atom is 0.401 e. The molecule has 11 heteroatoms. The van der Waals surface area contributed by atoms with Crippen LogP contribution in [0.3, 0.4) is 0 Å². The highest BCUT2D eigenvalue weighted by Gasteiger charge is 2.34. The van der Waals surface area contributed by atoms with Crippen molar-refractivity contribution in [1.29, 1.82) is 0 Å². The summed E-state index contributed by atoms with van der Waals surface area (Å²) in [5, 5.41) is 7.28. The Kier molecular flexibility index (Phi) is 9.08. The lowest BCUT2D eigenvalue weighted by Crippen LogP contribution is -2.46. The predicted octanol–water partition coefficient (Wildman–Crippen LogP) is 2.98. The molecule has 0 spiro atoms. The maximum atomic E-state index is 12.5. The first-order chi connectivity index (χ1) is 13.3. The molecule has 2 unspecified atom stereocenters. The number of pyridine rings is 1. The fourth-order valence-corrected chi connectivity index (χ4v) is 4.03. The highest BCUT2D eigenvalue weighted by molar-refractivity contribution is 14.0. The molecule has 0 aliphatic carbocycles. The number of rotatable bonds is 5. The molecule has 0 amide bonds. The Hall–Kier alpha value is -1.01. The third-order valence-electron chi connectivity index (χ3n) is 5.12. The number of hydrogen-bond acceptors (Lipinski definition) is 4. The van der Waals surface area contributed by atoms with Crippen molar-refractivity contribution in [3.8, 4) is 0 Å². The molecule has 6 nitrogen and oxygen atoms in total. The summed E-state index contributed by atoms with van der Waals surface area (Å²) >= 11 is 6.22. The van der Waals surface area contributed by atoms with E-state index in [-0.39, 0.29) is 35.9 Å². The van der Waals surface area contributed by atoms with Crippen LogP contribution >= 0.6 is 35.6 Å². The van der Waals surface area contributed by atoms with Crippen LogP contribution in [0.2, 0.25) is 5.02 Å². The molecule has 0 aromatic carbocycles. The second-order valence-corrected chi connectivity index (χ2v) is 7.75. The van der Waals surface area contributed by atoms with Crippen molar-refractivity contribution in [2.75, 3.05) is 51.2 Å². The van der Waals surface area contributed by atoms with E-state index in [9.17, 15) is 13.2 Å². The average molecular weight is 547 g/mol. The first kappa shape index (κ1) is 24.3. The van der Waals surface area contributed by atoms with Gasteiger partial charge in [-0.05, 0) is 37.4 Å². The number of aliphatic imine (C=N–C) groups is 1. The Morgan fingerprint density at radius 3 is 2.79 bits per heavy atom. The van der Waals surface area contributed by atoms with Gasteiger partial charge in [0.15, 0.2) is 5.96 Å². The smallest absolute Gasteiger partial charge is 0.356 e. The van der Waals surface area contributed by atoms with E-state index in [2.05, 4.69) is 25.5 Å². The summed E-state index contributed by atoms with van der Waals surface area (Å²) < 4.78 is 37.5. The van der Waals surface area contributed by atoms with Gasteiger partial charge in [-0.1, -0.05) is 11.6 Å². The monoisotopic (exact) mass is 546 g/mol. The zero-order valence-electron chi connectivity index (χ0n) is 16.3. The summed E-state index contributed by atoms with van der Waals surface area (Å²) in [6.45, 7) is 2.33. The number of likely N-dealkylation sites (tertiary alicyclic amines) is 1. The minimum Gasteiger partial charge on any atom is -0.356 e. The molecule has 0 saturated carbocycles. The second kappa shape index (κ2) is 10.9. The molecule has 2 fully saturated rings. The fourth-order valence-electron chi connectivity index (χ4n) is 3.79. The molecular weight excluding hydrogens is 520 g/mol. The minimum absolute atomic E-state index is 0. The van der Waals surface area contributed by atoms with Gasteiger partial charge in [0, 0.05) is 45.5 Å². The number of anilines is 1. The van der Waals surface area contributed by atoms with E-state index in [1.165, 1.54) is 4.90 Å². The Balaban J connectivity index is 0.00000300. The largest absolute Gasteiger partial charge is 0.401 e. The van der Waals surface area contributed by atoms with Gasteiger partial charge < -0.3 is 15.5 Å². The van der Waals surface area contributed by atoms with Gasteiger partial charge in [0.2, 0.25) is 0 Å². The third kappa shape index (κ3) is 7.32. The summed E-state index contributed by atoms with van der Waals surface area (Å²) in [6, 6.07) is 3.84. The van der Waals surface area contributed by atoms with Gasteiger partial charge in [0.05, 0.1) is 11.6 Å². The number of alkyl halides is 3. The quantitative estimate of drug-likeness (QED) is 0.338. The first-order valence-electron chi connectivity index (χ1n) is 9.46. The number of halogens is 5. The van der Waals surface area contributed by atoms with Crippen molar-refractivity contribution < 1.29 is 13.2 Å². The van der Waals surface area contributed by atoms with Gasteiger partial charge in [-0.25, -0.2) is 4.98 Å². The summed E-state index contributed by atoms with van der Waals surface area (Å²) in [5.74, 6) is 1.65. The third-order valence-corrected chi connectivity index (χ3v) is 5.42. The van der Waals surface area contributed by atoms with E-state index < -0.39 is 12.7 Å². The van der Waals surface area contributed by atoms with Gasteiger partial charge in [-0.2, -0.15) is 13.2 Å². The molecule has 1 aromatic rings. The second-order valence-electron chi connectivity index (χ2n) is 7.34. The number of nitrogens with zero attached hydrogens (tertiary/aromatic N) is 4. The number of aromatic nitrogens is 1. The Morgan fingerprint density at radius 1 is 1.31 bits per heavy atom. The lowest BCUT2D eigenvalue weighted by molar-refractivity contribution is -0.143. The van der Waals surface area contributed by atoms with Crippen LogP contribution in [0.1, 0.15) is 12.8 Å². The van der Waals surface area contributed by atoms with E-state index in [1.807, 2.05) is 12.1 Å². The van der Waals surface area contributed by atoms with Crippen LogP contribution in [-0.4, -0.2) is 74.4 Å². The van der Waals surface area contributed by atoms with Crippen molar-refractivity contribution >= 4 is 47.4 Å². The molecule has 2 aliphatic heterocycles. The van der Waals surface area contributed by atoms with Crippen LogP contribution < -0.4 is 15.5 Å². The average Bonchev–Trinajstić information content (AvgIpc) is 3.27.